The number of hydrogen-bond donors (Lipinski definition) is 0. The van der Waals surface area contributed by atoms with Gasteiger partial charge in [-0.2, -0.15) is 0 Å². The standard InChI is InChI=1S/C20H19ClFN3OS/c1-12(20(26)25(3)11-15-16(21)8-6-9-17(15)22)27-19-14-7-4-5-10-18(14)23-13(2)24-19/h4-10,12H,11H2,1-3H3. The van der Waals surface area contributed by atoms with Gasteiger partial charge in [0.25, 0.3) is 0 Å². The van der Waals surface area contributed by atoms with Gasteiger partial charge in [0.15, 0.2) is 0 Å². The number of halogens is 2. The van der Waals surface area contributed by atoms with Crippen LogP contribution in [0.25, 0.3) is 10.9 Å². The molecule has 1 heterocycles. The van der Waals surface area contributed by atoms with E-state index in [1.165, 1.54) is 22.7 Å². The number of carbonyl (C=O) groups is 1. The Bertz CT molecular complexity index is 978. The Labute approximate surface area is 166 Å². The lowest BCUT2D eigenvalue weighted by atomic mass is 10.2. The quantitative estimate of drug-likeness (QED) is 0.450. The number of nitrogens with zero attached hydrogens (tertiary/aromatic N) is 3. The zero-order valence-electron chi connectivity index (χ0n) is 15.2. The van der Waals surface area contributed by atoms with Crippen LogP contribution in [0.1, 0.15) is 18.3 Å². The van der Waals surface area contributed by atoms with E-state index in [2.05, 4.69) is 9.97 Å². The highest BCUT2D eigenvalue weighted by molar-refractivity contribution is 8.00. The summed E-state index contributed by atoms with van der Waals surface area (Å²) in [5, 5.41) is 1.59. The van der Waals surface area contributed by atoms with Crippen molar-refractivity contribution >= 4 is 40.2 Å². The number of aryl methyl sites for hydroxylation is 1. The largest absolute Gasteiger partial charge is 0.340 e. The first-order chi connectivity index (χ1) is 12.9. The molecule has 1 amide bonds. The highest BCUT2D eigenvalue weighted by atomic mass is 35.5. The minimum Gasteiger partial charge on any atom is -0.340 e. The maximum Gasteiger partial charge on any atom is 0.235 e. The van der Waals surface area contributed by atoms with E-state index in [9.17, 15) is 9.18 Å². The first kappa shape index (κ1) is 19.6. The smallest absolute Gasteiger partial charge is 0.235 e. The van der Waals surface area contributed by atoms with Gasteiger partial charge in [0.2, 0.25) is 5.91 Å². The van der Waals surface area contributed by atoms with Gasteiger partial charge in [-0.15, -0.1) is 0 Å². The number of rotatable bonds is 5. The molecule has 0 aliphatic carbocycles. The molecule has 1 aromatic heterocycles. The molecule has 0 fully saturated rings. The number of fused-ring (bicyclic) bond motifs is 1. The summed E-state index contributed by atoms with van der Waals surface area (Å²) in [5.74, 6) is 0.113. The van der Waals surface area contributed by atoms with Crippen LogP contribution in [0.15, 0.2) is 47.5 Å². The minimum atomic E-state index is -0.417. The predicted octanol–water partition coefficient (Wildman–Crippen LogP) is 4.87. The van der Waals surface area contributed by atoms with E-state index >= 15 is 0 Å². The molecular formula is C20H19ClFN3OS. The molecule has 0 aliphatic rings. The molecule has 0 spiro atoms. The number of hydrogen-bond acceptors (Lipinski definition) is 4. The van der Waals surface area contributed by atoms with E-state index in [1.54, 1.807) is 19.2 Å². The minimum absolute atomic E-state index is 0.110. The molecular weight excluding hydrogens is 385 g/mol. The molecule has 27 heavy (non-hydrogen) atoms. The second-order valence-corrected chi connectivity index (χ2v) is 7.98. The third-order valence-electron chi connectivity index (χ3n) is 4.15. The fourth-order valence-electron chi connectivity index (χ4n) is 2.78. The Morgan fingerprint density at radius 2 is 1.96 bits per heavy atom. The van der Waals surface area contributed by atoms with E-state index in [0.29, 0.717) is 16.4 Å². The van der Waals surface area contributed by atoms with Crippen molar-refractivity contribution in [2.24, 2.45) is 0 Å². The Morgan fingerprint density at radius 3 is 2.70 bits per heavy atom. The number of thioether (sulfide) groups is 1. The van der Waals surface area contributed by atoms with Gasteiger partial charge in [0, 0.05) is 29.6 Å². The number of carbonyl (C=O) groups excluding carboxylic acids is 1. The lowest BCUT2D eigenvalue weighted by molar-refractivity contribution is -0.129. The van der Waals surface area contributed by atoms with Crippen LogP contribution in [0.5, 0.6) is 0 Å². The molecule has 0 N–H and O–H groups in total. The predicted molar refractivity (Wildman–Crippen MR) is 107 cm³/mol. The van der Waals surface area contributed by atoms with Gasteiger partial charge in [-0.1, -0.05) is 47.6 Å². The highest BCUT2D eigenvalue weighted by Gasteiger charge is 2.22. The lowest BCUT2D eigenvalue weighted by Crippen LogP contribution is -2.33. The van der Waals surface area contributed by atoms with Crippen molar-refractivity contribution < 1.29 is 9.18 Å². The summed E-state index contributed by atoms with van der Waals surface area (Å²) in [6.07, 6.45) is 0. The SMILES string of the molecule is Cc1nc(SC(C)C(=O)N(C)Cc2c(F)cccc2Cl)c2ccccc2n1. The van der Waals surface area contributed by atoms with E-state index in [4.69, 9.17) is 11.6 Å². The number of aromatic nitrogens is 2. The van der Waals surface area contributed by atoms with E-state index < -0.39 is 11.1 Å². The number of amides is 1. The Balaban J connectivity index is 1.78. The second-order valence-electron chi connectivity index (χ2n) is 6.25. The van der Waals surface area contributed by atoms with Crippen molar-refractivity contribution in [2.45, 2.75) is 30.7 Å². The van der Waals surface area contributed by atoms with E-state index in [1.807, 2.05) is 38.1 Å². The molecule has 2 aromatic carbocycles. The van der Waals surface area contributed by atoms with Gasteiger partial charge >= 0.3 is 0 Å². The van der Waals surface area contributed by atoms with E-state index in [0.717, 1.165) is 15.9 Å². The monoisotopic (exact) mass is 403 g/mol. The van der Waals surface area contributed by atoms with Crippen LogP contribution in [-0.2, 0) is 11.3 Å². The summed E-state index contributed by atoms with van der Waals surface area (Å²) in [7, 11) is 1.64. The molecule has 0 bridgehead atoms. The first-order valence-electron chi connectivity index (χ1n) is 8.44. The summed E-state index contributed by atoms with van der Waals surface area (Å²) in [5.41, 5.74) is 1.16. The van der Waals surface area contributed by atoms with Crippen LogP contribution < -0.4 is 0 Å². The maximum atomic E-state index is 14.0. The average Bonchev–Trinajstić information content (AvgIpc) is 2.63. The van der Waals surface area contributed by atoms with Gasteiger partial charge in [-0.05, 0) is 32.0 Å². The van der Waals surface area contributed by atoms with E-state index in [-0.39, 0.29) is 12.5 Å². The van der Waals surface area contributed by atoms with Gasteiger partial charge in [-0.25, -0.2) is 14.4 Å². The van der Waals surface area contributed by atoms with Crippen LogP contribution in [0.3, 0.4) is 0 Å². The molecule has 1 unspecified atom stereocenters. The fraction of sp³-hybridized carbons (Fsp3) is 0.250. The molecule has 3 aromatic rings. The van der Waals surface area contributed by atoms with Crippen molar-refractivity contribution in [3.05, 3.63) is 64.7 Å². The highest BCUT2D eigenvalue weighted by Crippen LogP contribution is 2.30. The summed E-state index contributed by atoms with van der Waals surface area (Å²) in [4.78, 5) is 23.2. The van der Waals surface area contributed by atoms with Gasteiger partial charge in [0.05, 0.1) is 10.8 Å². The Kier molecular flexibility index (Phi) is 5.97. The zero-order chi connectivity index (χ0) is 19.6. The molecule has 4 nitrogen and oxygen atoms in total. The molecule has 0 saturated carbocycles. The van der Waals surface area contributed by atoms with Crippen molar-refractivity contribution in [3.63, 3.8) is 0 Å². The van der Waals surface area contributed by atoms with Crippen molar-refractivity contribution in [2.75, 3.05) is 7.05 Å². The fourth-order valence-corrected chi connectivity index (χ4v) is 4.10. The van der Waals surface area contributed by atoms with Crippen LogP contribution >= 0.6 is 23.4 Å². The molecule has 3 rings (SSSR count). The van der Waals surface area contributed by atoms with Gasteiger partial charge in [0.1, 0.15) is 16.7 Å². The van der Waals surface area contributed by atoms with Crippen LogP contribution in [0, 0.1) is 12.7 Å². The Hall–Kier alpha value is -2.18. The Morgan fingerprint density at radius 1 is 1.22 bits per heavy atom. The summed E-state index contributed by atoms with van der Waals surface area (Å²) in [6.45, 7) is 3.76. The maximum absolute atomic E-state index is 14.0. The summed E-state index contributed by atoms with van der Waals surface area (Å²) >= 11 is 7.44. The topological polar surface area (TPSA) is 46.1 Å². The van der Waals surface area contributed by atoms with Crippen LogP contribution in [-0.4, -0.2) is 33.1 Å². The molecule has 0 aliphatic heterocycles. The lowest BCUT2D eigenvalue weighted by Gasteiger charge is -2.22. The zero-order valence-corrected chi connectivity index (χ0v) is 16.8. The molecule has 0 saturated heterocycles. The van der Waals surface area contributed by atoms with Crippen molar-refractivity contribution in [1.29, 1.82) is 0 Å². The van der Waals surface area contributed by atoms with Crippen molar-refractivity contribution in [3.8, 4) is 0 Å². The third-order valence-corrected chi connectivity index (χ3v) is 5.59. The molecule has 140 valence electrons. The second kappa shape index (κ2) is 8.23. The van der Waals surface area contributed by atoms with Crippen LogP contribution in [0.4, 0.5) is 4.39 Å². The first-order valence-corrected chi connectivity index (χ1v) is 9.70. The number of para-hydroxylation sites is 1. The van der Waals surface area contributed by atoms with Crippen LogP contribution in [0.2, 0.25) is 5.02 Å². The summed E-state index contributed by atoms with van der Waals surface area (Å²) < 4.78 is 14.0. The molecule has 1 atom stereocenters. The van der Waals surface area contributed by atoms with Crippen molar-refractivity contribution in [1.82, 2.24) is 14.9 Å². The van der Waals surface area contributed by atoms with Gasteiger partial charge < -0.3 is 4.90 Å². The average molecular weight is 404 g/mol. The summed E-state index contributed by atoms with van der Waals surface area (Å²) in [6, 6.07) is 12.2. The molecule has 7 heteroatoms. The normalized spacial score (nSPS) is 12.2. The number of benzene rings is 2. The third kappa shape index (κ3) is 4.39. The van der Waals surface area contributed by atoms with Gasteiger partial charge in [-0.3, -0.25) is 4.79 Å². The molecule has 0 radical (unpaired) electrons.